The number of amides is 1. The van der Waals surface area contributed by atoms with Crippen LogP contribution >= 0.6 is 15.9 Å². The average molecular weight is 340 g/mol. The van der Waals surface area contributed by atoms with E-state index in [0.29, 0.717) is 24.8 Å². The number of hydrogen-bond donors (Lipinski definition) is 0. The number of morpholine rings is 1. The first-order valence-electron chi connectivity index (χ1n) is 6.12. The van der Waals surface area contributed by atoms with E-state index in [9.17, 15) is 13.2 Å². The summed E-state index contributed by atoms with van der Waals surface area (Å²) < 4.78 is 28.5. The number of ether oxygens (including phenoxy) is 1. The maximum Gasteiger partial charge on any atom is 0.226 e. The Kier molecular flexibility index (Phi) is 4.33. The molecule has 7 heteroatoms. The second-order valence-corrected chi connectivity index (χ2v) is 7.94. The van der Waals surface area contributed by atoms with Gasteiger partial charge in [-0.2, -0.15) is 0 Å². The third-order valence-corrected chi connectivity index (χ3v) is 5.88. The van der Waals surface area contributed by atoms with Crippen LogP contribution in [0, 0.1) is 5.92 Å². The highest BCUT2D eigenvalue weighted by Crippen LogP contribution is 2.23. The number of halogens is 1. The van der Waals surface area contributed by atoms with E-state index in [1.54, 1.807) is 4.90 Å². The first-order valence-corrected chi connectivity index (χ1v) is 9.06. The zero-order valence-corrected chi connectivity index (χ0v) is 12.7. The van der Waals surface area contributed by atoms with Crippen LogP contribution in [0.15, 0.2) is 0 Å². The average Bonchev–Trinajstić information content (AvgIpc) is 2.67. The van der Waals surface area contributed by atoms with E-state index in [4.69, 9.17) is 4.74 Å². The summed E-state index contributed by atoms with van der Waals surface area (Å²) in [5.74, 6) is -0.227. The Morgan fingerprint density at radius 3 is 2.72 bits per heavy atom. The molecule has 5 nitrogen and oxygen atoms in total. The number of hydrogen-bond acceptors (Lipinski definition) is 4. The van der Waals surface area contributed by atoms with Crippen molar-refractivity contribution in [2.45, 2.75) is 25.6 Å². The molecule has 0 radical (unpaired) electrons. The molecule has 0 aromatic rings. The molecule has 2 fully saturated rings. The smallest absolute Gasteiger partial charge is 0.226 e. The van der Waals surface area contributed by atoms with Crippen LogP contribution in [0.2, 0.25) is 0 Å². The number of rotatable bonds is 2. The summed E-state index contributed by atoms with van der Waals surface area (Å²) in [5.41, 5.74) is 0. The zero-order chi connectivity index (χ0) is 13.3. The van der Waals surface area contributed by atoms with Crippen molar-refractivity contribution in [3.8, 4) is 0 Å². The third-order valence-electron chi connectivity index (χ3n) is 3.39. The van der Waals surface area contributed by atoms with Gasteiger partial charge < -0.3 is 9.64 Å². The van der Waals surface area contributed by atoms with Crippen molar-refractivity contribution in [1.82, 2.24) is 4.90 Å². The van der Waals surface area contributed by atoms with Crippen molar-refractivity contribution in [2.24, 2.45) is 5.92 Å². The lowest BCUT2D eigenvalue weighted by Crippen LogP contribution is -2.51. The van der Waals surface area contributed by atoms with E-state index in [-0.39, 0.29) is 35.5 Å². The van der Waals surface area contributed by atoms with Crippen LogP contribution in [0.3, 0.4) is 0 Å². The van der Waals surface area contributed by atoms with Crippen LogP contribution in [0.4, 0.5) is 0 Å². The molecule has 0 N–H and O–H groups in total. The van der Waals surface area contributed by atoms with Gasteiger partial charge in [-0.25, -0.2) is 8.42 Å². The van der Waals surface area contributed by atoms with Gasteiger partial charge in [0.1, 0.15) is 0 Å². The molecule has 104 valence electrons. The summed E-state index contributed by atoms with van der Waals surface area (Å²) in [4.78, 5) is 14.0. The van der Waals surface area contributed by atoms with Crippen LogP contribution < -0.4 is 0 Å². The molecule has 2 heterocycles. The molecule has 2 rings (SSSR count). The van der Waals surface area contributed by atoms with Crippen molar-refractivity contribution >= 4 is 31.7 Å². The topological polar surface area (TPSA) is 63.7 Å². The Bertz CT molecular complexity index is 425. The quantitative estimate of drug-likeness (QED) is 0.684. The van der Waals surface area contributed by atoms with E-state index < -0.39 is 9.84 Å². The third kappa shape index (κ3) is 3.24. The van der Waals surface area contributed by atoms with Crippen LogP contribution in [-0.2, 0) is 19.4 Å². The molecule has 0 aliphatic carbocycles. The van der Waals surface area contributed by atoms with E-state index in [1.807, 2.05) is 6.92 Å². The minimum Gasteiger partial charge on any atom is -0.371 e. The number of alkyl halides is 1. The minimum absolute atomic E-state index is 0.00302. The molecule has 0 aromatic carbocycles. The van der Waals surface area contributed by atoms with Crippen LogP contribution in [0.5, 0.6) is 0 Å². The summed E-state index contributed by atoms with van der Waals surface area (Å²) in [5, 5.41) is 0.685. The van der Waals surface area contributed by atoms with Gasteiger partial charge in [0.2, 0.25) is 5.91 Å². The van der Waals surface area contributed by atoms with E-state index in [0.717, 1.165) is 0 Å². The highest BCUT2D eigenvalue weighted by Gasteiger charge is 2.37. The van der Waals surface area contributed by atoms with E-state index in [1.165, 1.54) is 0 Å². The molecule has 3 unspecified atom stereocenters. The molecular formula is C11H18BrNO4S. The standard InChI is InChI=1S/C11H18BrNO4S/c1-8-5-13(6-10(4-12)17-8)11(14)9-2-3-18(15,16)7-9/h8-10H,2-7H2,1H3. The maximum atomic E-state index is 12.3. The molecule has 0 saturated carbocycles. The largest absolute Gasteiger partial charge is 0.371 e. The fourth-order valence-electron chi connectivity index (χ4n) is 2.56. The lowest BCUT2D eigenvalue weighted by molar-refractivity contribution is -0.146. The monoisotopic (exact) mass is 339 g/mol. The Labute approximate surface area is 116 Å². The van der Waals surface area contributed by atoms with E-state index >= 15 is 0 Å². The summed E-state index contributed by atoms with van der Waals surface area (Å²) in [6, 6.07) is 0. The highest BCUT2D eigenvalue weighted by molar-refractivity contribution is 9.09. The van der Waals surface area contributed by atoms with Gasteiger partial charge in [0, 0.05) is 18.4 Å². The highest BCUT2D eigenvalue weighted by atomic mass is 79.9. The van der Waals surface area contributed by atoms with Crippen LogP contribution in [-0.4, -0.2) is 61.4 Å². The molecule has 18 heavy (non-hydrogen) atoms. The molecule has 2 aliphatic rings. The SMILES string of the molecule is CC1CN(C(=O)C2CCS(=O)(=O)C2)CC(CBr)O1. The van der Waals surface area contributed by atoms with Crippen molar-refractivity contribution in [3.63, 3.8) is 0 Å². The van der Waals surface area contributed by atoms with Gasteiger partial charge in [0.05, 0.1) is 29.6 Å². The van der Waals surface area contributed by atoms with Gasteiger partial charge in [-0.15, -0.1) is 0 Å². The van der Waals surface area contributed by atoms with Crippen LogP contribution in [0.25, 0.3) is 0 Å². The lowest BCUT2D eigenvalue weighted by atomic mass is 10.1. The van der Waals surface area contributed by atoms with Gasteiger partial charge in [-0.3, -0.25) is 4.79 Å². The second-order valence-electron chi connectivity index (χ2n) is 5.07. The molecule has 0 bridgehead atoms. The first-order chi connectivity index (χ1) is 8.41. The second kappa shape index (κ2) is 5.46. The Morgan fingerprint density at radius 2 is 2.17 bits per heavy atom. The molecule has 2 aliphatic heterocycles. The van der Waals surface area contributed by atoms with Crippen molar-refractivity contribution < 1.29 is 17.9 Å². The van der Waals surface area contributed by atoms with Gasteiger partial charge in [0.25, 0.3) is 0 Å². The molecule has 3 atom stereocenters. The Hall–Kier alpha value is -0.140. The number of carbonyl (C=O) groups excluding carboxylic acids is 1. The van der Waals surface area contributed by atoms with Gasteiger partial charge in [-0.1, -0.05) is 15.9 Å². The number of carbonyl (C=O) groups is 1. The van der Waals surface area contributed by atoms with Crippen molar-refractivity contribution in [3.05, 3.63) is 0 Å². The van der Waals surface area contributed by atoms with Crippen LogP contribution in [0.1, 0.15) is 13.3 Å². The fraction of sp³-hybridized carbons (Fsp3) is 0.909. The lowest BCUT2D eigenvalue weighted by Gasteiger charge is -2.37. The molecule has 0 aromatic heterocycles. The summed E-state index contributed by atoms with van der Waals surface area (Å²) in [6.07, 6.45) is 0.463. The van der Waals surface area contributed by atoms with E-state index in [2.05, 4.69) is 15.9 Å². The normalized spacial score (nSPS) is 35.7. The predicted molar refractivity (Wildman–Crippen MR) is 71.5 cm³/mol. The molecule has 2 saturated heterocycles. The fourth-order valence-corrected chi connectivity index (χ4v) is 4.65. The van der Waals surface area contributed by atoms with Gasteiger partial charge in [-0.05, 0) is 13.3 Å². The maximum absolute atomic E-state index is 12.3. The number of nitrogens with zero attached hydrogens (tertiary/aromatic N) is 1. The van der Waals surface area contributed by atoms with Gasteiger partial charge >= 0.3 is 0 Å². The molecule has 1 amide bonds. The molecular weight excluding hydrogens is 322 g/mol. The van der Waals surface area contributed by atoms with Gasteiger partial charge in [0.15, 0.2) is 9.84 Å². The summed E-state index contributed by atoms with van der Waals surface area (Å²) >= 11 is 3.36. The molecule has 0 spiro atoms. The Morgan fingerprint density at radius 1 is 1.44 bits per heavy atom. The Balaban J connectivity index is 2.00. The summed E-state index contributed by atoms with van der Waals surface area (Å²) in [7, 11) is -3.00. The predicted octanol–water partition coefficient (Wildman–Crippen LogP) is 0.432. The zero-order valence-electron chi connectivity index (χ0n) is 10.3. The summed E-state index contributed by atoms with van der Waals surface area (Å²) in [6.45, 7) is 3.03. The first kappa shape index (κ1) is 14.3. The minimum atomic E-state index is -3.00. The van der Waals surface area contributed by atoms with Crippen molar-refractivity contribution in [2.75, 3.05) is 29.9 Å². The van der Waals surface area contributed by atoms with Crippen molar-refractivity contribution in [1.29, 1.82) is 0 Å². The number of sulfone groups is 1.